The van der Waals surface area contributed by atoms with Gasteiger partial charge in [0, 0.05) is 18.9 Å². The molecule has 0 radical (unpaired) electrons. The molecule has 0 aromatic heterocycles. The summed E-state index contributed by atoms with van der Waals surface area (Å²) in [4.78, 5) is 11.2. The van der Waals surface area contributed by atoms with E-state index in [9.17, 15) is 20.1 Å². The maximum Gasteiger partial charge on any atom is 0.330 e. The molecule has 0 aliphatic carbocycles. The molecule has 0 bridgehead atoms. The molecule has 1 heterocycles. The Morgan fingerprint density at radius 3 is 1.94 bits per heavy atom. The highest BCUT2D eigenvalue weighted by atomic mass is 16.5. The summed E-state index contributed by atoms with van der Waals surface area (Å²) >= 11 is 0. The number of ether oxygens (including phenoxy) is 1. The van der Waals surface area contributed by atoms with Crippen molar-refractivity contribution >= 4 is 5.97 Å². The van der Waals surface area contributed by atoms with E-state index in [1.165, 1.54) is 76.7 Å². The quantitative estimate of drug-likeness (QED) is 0.170. The van der Waals surface area contributed by atoms with Gasteiger partial charge in [0.05, 0.1) is 18.3 Å². The van der Waals surface area contributed by atoms with Crippen molar-refractivity contribution in [2.24, 2.45) is 0 Å². The van der Waals surface area contributed by atoms with Crippen LogP contribution in [0.3, 0.4) is 0 Å². The standard InChI is InChI=1S/C26H48O5/c1-2-3-4-5-6-7-8-9-10-11-12-13-15-22(27)18-19-23(28)20-24(29)21-25-16-14-17-26(30)31-25/h14,17,22-25,27-29H,2-13,15-16,18-21H2,1H3/t22-,23+,24+,25+/m1/s1. The van der Waals surface area contributed by atoms with E-state index in [0.29, 0.717) is 25.7 Å². The van der Waals surface area contributed by atoms with E-state index in [0.717, 1.165) is 12.8 Å². The Morgan fingerprint density at radius 1 is 0.806 bits per heavy atom. The summed E-state index contributed by atoms with van der Waals surface area (Å²) in [6.45, 7) is 2.26. The highest BCUT2D eigenvalue weighted by molar-refractivity contribution is 5.82. The summed E-state index contributed by atoms with van der Waals surface area (Å²) in [5, 5.41) is 30.4. The molecule has 0 spiro atoms. The Hall–Kier alpha value is -0.910. The van der Waals surface area contributed by atoms with Gasteiger partial charge < -0.3 is 20.1 Å². The highest BCUT2D eigenvalue weighted by Gasteiger charge is 2.22. The minimum atomic E-state index is -0.701. The van der Waals surface area contributed by atoms with Crippen LogP contribution in [-0.4, -0.2) is 45.7 Å². The zero-order valence-electron chi connectivity index (χ0n) is 19.9. The van der Waals surface area contributed by atoms with Gasteiger partial charge in [0.25, 0.3) is 0 Å². The molecule has 1 aliphatic heterocycles. The van der Waals surface area contributed by atoms with Crippen molar-refractivity contribution in [2.75, 3.05) is 0 Å². The van der Waals surface area contributed by atoms with E-state index in [-0.39, 0.29) is 24.6 Å². The second kappa shape index (κ2) is 18.6. The lowest BCUT2D eigenvalue weighted by atomic mass is 9.98. The Kier molecular flexibility index (Phi) is 16.9. The molecule has 0 amide bonds. The van der Waals surface area contributed by atoms with Crippen molar-refractivity contribution in [1.82, 2.24) is 0 Å². The summed E-state index contributed by atoms with van der Waals surface area (Å²) in [5.41, 5.74) is 0. The Bertz CT molecular complexity index is 465. The number of carbonyl (C=O) groups excluding carboxylic acids is 1. The summed E-state index contributed by atoms with van der Waals surface area (Å²) in [6.07, 6.45) is 19.9. The van der Waals surface area contributed by atoms with Gasteiger partial charge >= 0.3 is 5.97 Å². The molecule has 0 unspecified atom stereocenters. The van der Waals surface area contributed by atoms with Crippen LogP contribution in [0.25, 0.3) is 0 Å². The van der Waals surface area contributed by atoms with Crippen LogP contribution in [0.4, 0.5) is 0 Å². The molecule has 1 rings (SSSR count). The molecule has 0 aromatic carbocycles. The SMILES string of the molecule is CCCCCCCCCCCCCC[C@@H](O)CC[C@H](O)C[C@H](O)C[C@@H]1CC=CC(=O)O1. The first-order chi connectivity index (χ1) is 15.0. The monoisotopic (exact) mass is 440 g/mol. The van der Waals surface area contributed by atoms with Gasteiger partial charge in [-0.2, -0.15) is 0 Å². The Balaban J connectivity index is 1.91. The first-order valence-corrected chi connectivity index (χ1v) is 12.9. The topological polar surface area (TPSA) is 87.0 Å². The van der Waals surface area contributed by atoms with Crippen molar-refractivity contribution in [3.8, 4) is 0 Å². The van der Waals surface area contributed by atoms with Crippen molar-refractivity contribution in [1.29, 1.82) is 0 Å². The molecule has 0 saturated heterocycles. The number of rotatable bonds is 20. The van der Waals surface area contributed by atoms with Crippen LogP contribution in [0.15, 0.2) is 12.2 Å². The second-order valence-electron chi connectivity index (χ2n) is 9.38. The van der Waals surface area contributed by atoms with Crippen LogP contribution in [0.2, 0.25) is 0 Å². The van der Waals surface area contributed by atoms with Crippen LogP contribution in [0.5, 0.6) is 0 Å². The zero-order chi connectivity index (χ0) is 22.7. The minimum Gasteiger partial charge on any atom is -0.459 e. The van der Waals surface area contributed by atoms with Gasteiger partial charge in [0.2, 0.25) is 0 Å². The third-order valence-corrected chi connectivity index (χ3v) is 6.24. The maximum atomic E-state index is 11.2. The summed E-state index contributed by atoms with van der Waals surface area (Å²) < 4.78 is 5.14. The predicted octanol–water partition coefficient (Wildman–Crippen LogP) is 5.59. The molecule has 182 valence electrons. The lowest BCUT2D eigenvalue weighted by Crippen LogP contribution is -2.28. The molecular weight excluding hydrogens is 392 g/mol. The number of aliphatic hydroxyl groups is 3. The number of hydrogen-bond donors (Lipinski definition) is 3. The third kappa shape index (κ3) is 16.4. The smallest absolute Gasteiger partial charge is 0.330 e. The van der Waals surface area contributed by atoms with E-state index < -0.39 is 12.2 Å². The molecule has 4 atom stereocenters. The molecule has 31 heavy (non-hydrogen) atoms. The molecule has 0 saturated carbocycles. The fourth-order valence-electron chi connectivity index (χ4n) is 4.29. The second-order valence-corrected chi connectivity index (χ2v) is 9.38. The van der Waals surface area contributed by atoms with Crippen molar-refractivity contribution < 1.29 is 24.9 Å². The van der Waals surface area contributed by atoms with Crippen molar-refractivity contribution in [2.45, 2.75) is 147 Å². The van der Waals surface area contributed by atoms with Crippen LogP contribution in [-0.2, 0) is 9.53 Å². The van der Waals surface area contributed by atoms with Crippen molar-refractivity contribution in [3.63, 3.8) is 0 Å². The fraction of sp³-hybridized carbons (Fsp3) is 0.885. The van der Waals surface area contributed by atoms with E-state index in [1.807, 2.05) is 0 Å². The van der Waals surface area contributed by atoms with Gasteiger partial charge in [-0.15, -0.1) is 0 Å². The van der Waals surface area contributed by atoms with Crippen LogP contribution >= 0.6 is 0 Å². The number of hydrogen-bond acceptors (Lipinski definition) is 5. The van der Waals surface area contributed by atoms with E-state index in [4.69, 9.17) is 4.74 Å². The minimum absolute atomic E-state index is 0.253. The molecule has 1 aliphatic rings. The van der Waals surface area contributed by atoms with Crippen LogP contribution in [0.1, 0.15) is 122 Å². The summed E-state index contributed by atoms with van der Waals surface area (Å²) in [6, 6.07) is 0. The average Bonchev–Trinajstić information content (AvgIpc) is 2.73. The van der Waals surface area contributed by atoms with Gasteiger partial charge in [-0.1, -0.05) is 90.0 Å². The third-order valence-electron chi connectivity index (χ3n) is 6.24. The largest absolute Gasteiger partial charge is 0.459 e. The Morgan fingerprint density at radius 2 is 1.35 bits per heavy atom. The number of aliphatic hydroxyl groups excluding tert-OH is 3. The molecule has 0 aromatic rings. The zero-order valence-corrected chi connectivity index (χ0v) is 19.9. The number of esters is 1. The van der Waals surface area contributed by atoms with Crippen molar-refractivity contribution in [3.05, 3.63) is 12.2 Å². The molecule has 5 heteroatoms. The Labute approximate surface area is 190 Å². The van der Waals surface area contributed by atoms with Gasteiger partial charge in [0.15, 0.2) is 0 Å². The highest BCUT2D eigenvalue weighted by Crippen LogP contribution is 2.18. The molecule has 3 N–H and O–H groups in total. The fourth-order valence-corrected chi connectivity index (χ4v) is 4.29. The summed E-state index contributed by atoms with van der Waals surface area (Å²) in [5.74, 6) is -0.370. The van der Waals surface area contributed by atoms with Crippen LogP contribution < -0.4 is 0 Å². The average molecular weight is 441 g/mol. The first-order valence-electron chi connectivity index (χ1n) is 12.9. The van der Waals surface area contributed by atoms with Gasteiger partial charge in [0.1, 0.15) is 6.10 Å². The lowest BCUT2D eigenvalue weighted by Gasteiger charge is -2.23. The lowest BCUT2D eigenvalue weighted by molar-refractivity contribution is -0.145. The molecule has 5 nitrogen and oxygen atoms in total. The first kappa shape index (κ1) is 28.1. The number of unbranched alkanes of at least 4 members (excludes halogenated alkanes) is 11. The van der Waals surface area contributed by atoms with Gasteiger partial charge in [-0.05, 0) is 25.7 Å². The van der Waals surface area contributed by atoms with E-state index in [2.05, 4.69) is 6.92 Å². The number of cyclic esters (lactones) is 1. The van der Waals surface area contributed by atoms with Gasteiger partial charge in [-0.25, -0.2) is 4.79 Å². The maximum absolute atomic E-state index is 11.2. The molecule has 0 fully saturated rings. The van der Waals surface area contributed by atoms with Gasteiger partial charge in [-0.3, -0.25) is 0 Å². The normalized spacial score (nSPS) is 19.2. The van der Waals surface area contributed by atoms with E-state index in [1.54, 1.807) is 6.08 Å². The van der Waals surface area contributed by atoms with E-state index >= 15 is 0 Å². The van der Waals surface area contributed by atoms with Crippen LogP contribution in [0, 0.1) is 0 Å². The molecular formula is C26H48O5. The summed E-state index contributed by atoms with van der Waals surface area (Å²) in [7, 11) is 0. The number of carbonyl (C=O) groups is 1. The predicted molar refractivity (Wildman–Crippen MR) is 126 cm³/mol.